The van der Waals surface area contributed by atoms with Gasteiger partial charge < -0.3 is 20.1 Å². The summed E-state index contributed by atoms with van der Waals surface area (Å²) < 4.78 is 24.3. The zero-order chi connectivity index (χ0) is 23.0. The van der Waals surface area contributed by atoms with E-state index in [-0.39, 0.29) is 31.4 Å². The number of carbonyl (C=O) groups is 2. The molecule has 0 aromatic heterocycles. The van der Waals surface area contributed by atoms with Gasteiger partial charge in [0.2, 0.25) is 0 Å². The van der Waals surface area contributed by atoms with Gasteiger partial charge >= 0.3 is 6.09 Å². The Hall–Kier alpha value is -3.60. The average Bonchev–Trinajstić information content (AvgIpc) is 2.70. The maximum Gasteiger partial charge on any atom is 0.407 e. The van der Waals surface area contributed by atoms with E-state index < -0.39 is 11.7 Å². The van der Waals surface area contributed by atoms with Crippen molar-refractivity contribution in [3.8, 4) is 11.8 Å². The fraction of sp³-hybridized carbons (Fsp3) is 0.348. The summed E-state index contributed by atoms with van der Waals surface area (Å²) in [5.41, 5.74) is 1.19. The SMILES string of the molecule is Cc1cc(C(=O)NCc2ccc(C#N)cc2OCCNC(=O)OC(C)(C)C)ccc1F. The molecular formula is C23H26FN3O4. The molecule has 2 aromatic rings. The Morgan fingerprint density at radius 1 is 1.13 bits per heavy atom. The quantitative estimate of drug-likeness (QED) is 0.654. The second-order valence-corrected chi connectivity index (χ2v) is 7.86. The highest BCUT2D eigenvalue weighted by Crippen LogP contribution is 2.21. The molecule has 0 aliphatic rings. The zero-order valence-corrected chi connectivity index (χ0v) is 18.0. The van der Waals surface area contributed by atoms with Gasteiger partial charge in [0.25, 0.3) is 5.91 Å². The number of alkyl carbamates (subject to hydrolysis) is 1. The molecule has 2 N–H and O–H groups in total. The van der Waals surface area contributed by atoms with E-state index in [1.165, 1.54) is 18.2 Å². The first-order chi connectivity index (χ1) is 14.6. The van der Waals surface area contributed by atoms with Gasteiger partial charge in [-0.25, -0.2) is 9.18 Å². The molecule has 0 fully saturated rings. The van der Waals surface area contributed by atoms with Crippen molar-refractivity contribution < 1.29 is 23.5 Å². The van der Waals surface area contributed by atoms with Gasteiger partial charge in [0.1, 0.15) is 23.8 Å². The van der Waals surface area contributed by atoms with Gasteiger partial charge in [0.05, 0.1) is 18.2 Å². The third-order valence-corrected chi connectivity index (χ3v) is 4.08. The van der Waals surface area contributed by atoms with Crippen molar-refractivity contribution in [2.24, 2.45) is 0 Å². The fourth-order valence-electron chi connectivity index (χ4n) is 2.60. The molecule has 0 aliphatic carbocycles. The van der Waals surface area contributed by atoms with Gasteiger partial charge in [-0.05, 0) is 63.6 Å². The first kappa shape index (κ1) is 23.7. The Morgan fingerprint density at radius 2 is 1.87 bits per heavy atom. The van der Waals surface area contributed by atoms with E-state index in [9.17, 15) is 14.0 Å². The fourth-order valence-corrected chi connectivity index (χ4v) is 2.60. The number of benzene rings is 2. The van der Waals surface area contributed by atoms with Crippen LogP contribution in [0.4, 0.5) is 9.18 Å². The number of nitriles is 1. The Balaban J connectivity index is 1.97. The summed E-state index contributed by atoms with van der Waals surface area (Å²) in [5.74, 6) is -0.315. The highest BCUT2D eigenvalue weighted by atomic mass is 19.1. The normalized spacial score (nSPS) is 10.7. The lowest BCUT2D eigenvalue weighted by Gasteiger charge is -2.19. The molecule has 2 aromatic carbocycles. The molecule has 7 nitrogen and oxygen atoms in total. The van der Waals surface area contributed by atoms with Crippen molar-refractivity contribution in [3.05, 3.63) is 64.5 Å². The molecule has 0 bridgehead atoms. The minimum absolute atomic E-state index is 0.145. The molecule has 164 valence electrons. The smallest absolute Gasteiger partial charge is 0.407 e. The summed E-state index contributed by atoms with van der Waals surface area (Å²) in [4.78, 5) is 24.1. The van der Waals surface area contributed by atoms with Crippen LogP contribution >= 0.6 is 0 Å². The van der Waals surface area contributed by atoms with E-state index >= 15 is 0 Å². The van der Waals surface area contributed by atoms with Gasteiger partial charge in [0, 0.05) is 17.7 Å². The summed E-state index contributed by atoms with van der Waals surface area (Å²) in [5, 5.41) is 14.5. The Morgan fingerprint density at radius 3 is 2.52 bits per heavy atom. The molecule has 0 unspecified atom stereocenters. The van der Waals surface area contributed by atoms with Gasteiger partial charge in [0.15, 0.2) is 0 Å². The monoisotopic (exact) mass is 427 g/mol. The number of halogens is 1. The van der Waals surface area contributed by atoms with Crippen molar-refractivity contribution in [3.63, 3.8) is 0 Å². The molecule has 0 saturated heterocycles. The zero-order valence-electron chi connectivity index (χ0n) is 18.0. The predicted molar refractivity (Wildman–Crippen MR) is 113 cm³/mol. The number of nitrogens with zero attached hydrogens (tertiary/aromatic N) is 1. The van der Waals surface area contributed by atoms with Crippen LogP contribution in [0.15, 0.2) is 36.4 Å². The van der Waals surface area contributed by atoms with E-state index in [2.05, 4.69) is 10.6 Å². The third-order valence-electron chi connectivity index (χ3n) is 4.08. The van der Waals surface area contributed by atoms with Gasteiger partial charge in [-0.1, -0.05) is 6.07 Å². The molecule has 8 heteroatoms. The number of rotatable bonds is 7. The predicted octanol–water partition coefficient (Wildman–Crippen LogP) is 3.84. The van der Waals surface area contributed by atoms with E-state index in [4.69, 9.17) is 14.7 Å². The van der Waals surface area contributed by atoms with Gasteiger partial charge in [-0.3, -0.25) is 4.79 Å². The minimum atomic E-state index is -0.597. The van der Waals surface area contributed by atoms with Gasteiger partial charge in [-0.2, -0.15) is 5.26 Å². The topological polar surface area (TPSA) is 100 Å². The number of hydrogen-bond donors (Lipinski definition) is 2. The highest BCUT2D eigenvalue weighted by Gasteiger charge is 2.16. The highest BCUT2D eigenvalue weighted by molar-refractivity contribution is 5.94. The van der Waals surface area contributed by atoms with Crippen LogP contribution < -0.4 is 15.4 Å². The number of carbonyl (C=O) groups excluding carboxylic acids is 2. The molecule has 31 heavy (non-hydrogen) atoms. The minimum Gasteiger partial charge on any atom is -0.491 e. The second kappa shape index (κ2) is 10.4. The van der Waals surface area contributed by atoms with Crippen LogP contribution in [-0.2, 0) is 11.3 Å². The van der Waals surface area contributed by atoms with Crippen molar-refractivity contribution in [1.82, 2.24) is 10.6 Å². The first-order valence-electron chi connectivity index (χ1n) is 9.76. The lowest BCUT2D eigenvalue weighted by atomic mass is 10.1. The number of hydrogen-bond acceptors (Lipinski definition) is 5. The van der Waals surface area contributed by atoms with Crippen LogP contribution in [0.25, 0.3) is 0 Å². The summed E-state index contributed by atoms with van der Waals surface area (Å²) in [7, 11) is 0. The third kappa shape index (κ3) is 7.63. The molecule has 2 rings (SSSR count). The van der Waals surface area contributed by atoms with Crippen molar-refractivity contribution >= 4 is 12.0 Å². The number of aryl methyl sites for hydroxylation is 1. The number of amides is 2. The Bertz CT molecular complexity index is 993. The Kier molecular flexibility index (Phi) is 7.97. The Labute approximate surface area is 181 Å². The van der Waals surface area contributed by atoms with Crippen molar-refractivity contribution in [2.75, 3.05) is 13.2 Å². The second-order valence-electron chi connectivity index (χ2n) is 7.86. The van der Waals surface area contributed by atoms with Crippen LogP contribution in [0.3, 0.4) is 0 Å². The lowest BCUT2D eigenvalue weighted by Crippen LogP contribution is -2.34. The maximum absolute atomic E-state index is 13.4. The van der Waals surface area contributed by atoms with E-state index in [0.29, 0.717) is 28.0 Å². The van der Waals surface area contributed by atoms with Crippen LogP contribution in [0.2, 0.25) is 0 Å². The molecule has 0 heterocycles. The molecule has 0 spiro atoms. The van der Waals surface area contributed by atoms with E-state index in [1.54, 1.807) is 45.9 Å². The molecule has 0 atom stereocenters. The van der Waals surface area contributed by atoms with Crippen molar-refractivity contribution in [1.29, 1.82) is 5.26 Å². The average molecular weight is 427 g/mol. The summed E-state index contributed by atoms with van der Waals surface area (Å²) in [6.45, 7) is 7.39. The van der Waals surface area contributed by atoms with Crippen LogP contribution in [-0.4, -0.2) is 30.8 Å². The number of ether oxygens (including phenoxy) is 2. The first-order valence-corrected chi connectivity index (χ1v) is 9.76. The maximum atomic E-state index is 13.4. The molecule has 0 saturated carbocycles. The van der Waals surface area contributed by atoms with Crippen molar-refractivity contribution in [2.45, 2.75) is 39.8 Å². The summed E-state index contributed by atoms with van der Waals surface area (Å²) in [6, 6.07) is 11.0. The van der Waals surface area contributed by atoms with Crippen LogP contribution in [0.5, 0.6) is 5.75 Å². The number of nitrogens with one attached hydrogen (secondary N) is 2. The van der Waals surface area contributed by atoms with Crippen LogP contribution in [0, 0.1) is 24.1 Å². The summed E-state index contributed by atoms with van der Waals surface area (Å²) in [6.07, 6.45) is -0.552. The molecular weight excluding hydrogens is 401 g/mol. The van der Waals surface area contributed by atoms with E-state index in [0.717, 1.165) is 0 Å². The van der Waals surface area contributed by atoms with E-state index in [1.807, 2.05) is 6.07 Å². The van der Waals surface area contributed by atoms with Gasteiger partial charge in [-0.15, -0.1) is 0 Å². The molecule has 2 amide bonds. The molecule has 0 radical (unpaired) electrons. The molecule has 0 aliphatic heterocycles. The largest absolute Gasteiger partial charge is 0.491 e. The summed E-state index contributed by atoms with van der Waals surface area (Å²) >= 11 is 0. The lowest BCUT2D eigenvalue weighted by molar-refractivity contribution is 0.0520. The van der Waals surface area contributed by atoms with Crippen LogP contribution in [0.1, 0.15) is 47.8 Å². The standard InChI is InChI=1S/C23H26FN3O4/c1-15-11-17(7-8-19(15)24)21(28)27-14-18-6-5-16(13-25)12-20(18)30-10-9-26-22(29)31-23(2,3)4/h5-8,11-12H,9-10,14H2,1-4H3,(H,26,29)(H,27,28).